The molecule has 1 N–H and O–H groups in total. The third-order valence-corrected chi connectivity index (χ3v) is 4.23. The van der Waals surface area contributed by atoms with Crippen LogP contribution in [0, 0.1) is 0 Å². The normalized spacial score (nSPS) is 11.3. The molecule has 1 aromatic carbocycles. The van der Waals surface area contributed by atoms with Crippen molar-refractivity contribution in [1.82, 2.24) is 24.7 Å². The molecule has 0 radical (unpaired) electrons. The quantitative estimate of drug-likeness (QED) is 0.694. The number of nitrogens with one attached hydrogen (secondary N) is 1. The molecule has 2 heterocycles. The summed E-state index contributed by atoms with van der Waals surface area (Å²) in [6, 6.07) is 8.06. The van der Waals surface area contributed by atoms with Gasteiger partial charge < -0.3 is 0 Å². The maximum Gasteiger partial charge on any atom is 0.319 e. The lowest BCUT2D eigenvalue weighted by atomic mass is 10.1. The molecule has 23 heavy (non-hydrogen) atoms. The molecule has 0 amide bonds. The second-order valence-electron chi connectivity index (χ2n) is 4.83. The second-order valence-corrected chi connectivity index (χ2v) is 5.78. The minimum atomic E-state index is -2.59. The van der Waals surface area contributed by atoms with Crippen molar-refractivity contribution in [2.75, 3.05) is 0 Å². The van der Waals surface area contributed by atoms with Gasteiger partial charge in [0.2, 0.25) is 5.16 Å². The number of H-pyrrole nitrogens is 1. The van der Waals surface area contributed by atoms with E-state index in [1.165, 1.54) is 29.7 Å². The molecule has 8 heteroatoms. The molecule has 2 aromatic heterocycles. The number of hydrogen-bond acceptors (Lipinski definition) is 4. The van der Waals surface area contributed by atoms with Crippen LogP contribution in [0.4, 0.5) is 8.78 Å². The van der Waals surface area contributed by atoms with E-state index in [0.29, 0.717) is 16.8 Å². The van der Waals surface area contributed by atoms with E-state index in [9.17, 15) is 8.78 Å². The highest BCUT2D eigenvalue weighted by molar-refractivity contribution is 7.98. The van der Waals surface area contributed by atoms with Gasteiger partial charge in [0.05, 0.1) is 5.75 Å². The van der Waals surface area contributed by atoms with Crippen molar-refractivity contribution in [3.8, 4) is 11.4 Å². The van der Waals surface area contributed by atoms with Crippen LogP contribution in [0.2, 0.25) is 0 Å². The minimum Gasteiger partial charge on any atom is -0.277 e. The van der Waals surface area contributed by atoms with Crippen LogP contribution in [0.5, 0.6) is 0 Å². The first-order valence-corrected chi connectivity index (χ1v) is 8.10. The van der Waals surface area contributed by atoms with Crippen molar-refractivity contribution in [2.24, 2.45) is 0 Å². The number of benzene rings is 1. The zero-order chi connectivity index (χ0) is 16.2. The summed E-state index contributed by atoms with van der Waals surface area (Å²) in [5.41, 5.74) is 2.19. The van der Waals surface area contributed by atoms with Gasteiger partial charge in [0.15, 0.2) is 5.82 Å². The molecule has 0 bridgehead atoms. The van der Waals surface area contributed by atoms with Crippen LogP contribution < -0.4 is 0 Å². The molecular weight excluding hydrogens is 320 g/mol. The molecule has 0 atom stereocenters. The van der Waals surface area contributed by atoms with Crippen molar-refractivity contribution in [3.05, 3.63) is 48.0 Å². The van der Waals surface area contributed by atoms with Crippen LogP contribution in [0.25, 0.3) is 11.4 Å². The van der Waals surface area contributed by atoms with E-state index >= 15 is 0 Å². The topological polar surface area (TPSA) is 59.4 Å². The van der Waals surface area contributed by atoms with Crippen molar-refractivity contribution in [2.45, 2.75) is 30.8 Å². The van der Waals surface area contributed by atoms with Gasteiger partial charge in [0.25, 0.3) is 0 Å². The summed E-state index contributed by atoms with van der Waals surface area (Å²) in [5, 5.41) is 7.48. The van der Waals surface area contributed by atoms with Crippen LogP contribution >= 0.6 is 11.8 Å². The molecule has 0 aliphatic heterocycles. The Balaban J connectivity index is 1.68. The van der Waals surface area contributed by atoms with E-state index in [2.05, 4.69) is 27.1 Å². The van der Waals surface area contributed by atoms with E-state index in [1.807, 2.05) is 24.3 Å². The first-order chi connectivity index (χ1) is 11.2. The van der Waals surface area contributed by atoms with Gasteiger partial charge in [-0.1, -0.05) is 43.0 Å². The van der Waals surface area contributed by atoms with E-state index in [-0.39, 0.29) is 5.75 Å². The van der Waals surface area contributed by atoms with Crippen LogP contribution in [0.15, 0.2) is 41.8 Å². The molecule has 0 unspecified atom stereocenters. The first-order valence-electron chi connectivity index (χ1n) is 7.11. The number of halogens is 2. The molecular formula is C15H15F2N5S. The largest absolute Gasteiger partial charge is 0.319 e. The summed E-state index contributed by atoms with van der Waals surface area (Å²) in [4.78, 5) is 8.31. The minimum absolute atomic E-state index is 0.281. The standard InChI is InChI=1S/C15H15F2N5S/c1-2-10-3-5-11(6-4-10)13-19-15(21-20-13)23-9-12-18-7-8-22(12)14(16)17/h3-8,14H,2,9H2,1H3,(H,19,20,21). The number of aromatic amines is 1. The maximum absolute atomic E-state index is 12.8. The van der Waals surface area contributed by atoms with Crippen molar-refractivity contribution >= 4 is 11.8 Å². The number of imidazole rings is 1. The van der Waals surface area contributed by atoms with Gasteiger partial charge in [-0.25, -0.2) is 9.97 Å². The van der Waals surface area contributed by atoms with Crippen LogP contribution in [-0.4, -0.2) is 24.7 Å². The fraction of sp³-hybridized carbons (Fsp3) is 0.267. The number of rotatable bonds is 6. The van der Waals surface area contributed by atoms with Crippen LogP contribution in [-0.2, 0) is 12.2 Å². The highest BCUT2D eigenvalue weighted by atomic mass is 32.2. The number of alkyl halides is 2. The Morgan fingerprint density at radius 2 is 2.04 bits per heavy atom. The Morgan fingerprint density at radius 1 is 1.26 bits per heavy atom. The zero-order valence-corrected chi connectivity index (χ0v) is 13.2. The predicted molar refractivity (Wildman–Crippen MR) is 84.2 cm³/mol. The molecule has 0 spiro atoms. The SMILES string of the molecule is CCc1ccc(-c2nc(SCc3nccn3C(F)F)n[nH]2)cc1. The van der Waals surface area contributed by atoms with E-state index in [0.717, 1.165) is 16.6 Å². The van der Waals surface area contributed by atoms with E-state index < -0.39 is 6.55 Å². The fourth-order valence-electron chi connectivity index (χ4n) is 2.10. The van der Waals surface area contributed by atoms with Gasteiger partial charge in [0.1, 0.15) is 5.82 Å². The lowest BCUT2D eigenvalue weighted by molar-refractivity contribution is 0.0678. The number of aromatic nitrogens is 5. The Bertz CT molecular complexity index is 766. The molecule has 0 saturated heterocycles. The second kappa shape index (κ2) is 6.91. The Labute approximate surface area is 136 Å². The average molecular weight is 335 g/mol. The highest BCUT2D eigenvalue weighted by Gasteiger charge is 2.13. The van der Waals surface area contributed by atoms with Crippen LogP contribution in [0.1, 0.15) is 24.9 Å². The maximum atomic E-state index is 12.8. The van der Waals surface area contributed by atoms with E-state index in [4.69, 9.17) is 0 Å². The third-order valence-electron chi connectivity index (χ3n) is 3.39. The smallest absolute Gasteiger partial charge is 0.277 e. The third kappa shape index (κ3) is 3.58. The Hall–Kier alpha value is -2.22. The predicted octanol–water partition coefficient (Wildman–Crippen LogP) is 3.92. The first kappa shape index (κ1) is 15.7. The Kier molecular flexibility index (Phi) is 4.71. The fourth-order valence-corrected chi connectivity index (χ4v) is 2.85. The summed E-state index contributed by atoms with van der Waals surface area (Å²) in [5.74, 6) is 1.24. The van der Waals surface area contributed by atoms with E-state index in [1.54, 1.807) is 0 Å². The summed E-state index contributed by atoms with van der Waals surface area (Å²) < 4.78 is 26.3. The van der Waals surface area contributed by atoms with Gasteiger partial charge in [-0.2, -0.15) is 8.78 Å². The van der Waals surface area contributed by atoms with Gasteiger partial charge >= 0.3 is 6.55 Å². The molecule has 0 aliphatic carbocycles. The summed E-state index contributed by atoms with van der Waals surface area (Å²) in [6.45, 7) is -0.491. The molecule has 3 rings (SSSR count). The zero-order valence-electron chi connectivity index (χ0n) is 12.4. The van der Waals surface area contributed by atoms with Crippen molar-refractivity contribution < 1.29 is 8.78 Å². The number of hydrogen-bond donors (Lipinski definition) is 1. The van der Waals surface area contributed by atoms with Crippen molar-refractivity contribution in [1.29, 1.82) is 0 Å². The average Bonchev–Trinajstić information content (AvgIpc) is 3.22. The van der Waals surface area contributed by atoms with Gasteiger partial charge in [0, 0.05) is 18.0 Å². The number of thioether (sulfide) groups is 1. The van der Waals surface area contributed by atoms with Crippen LogP contribution in [0.3, 0.4) is 0 Å². The summed E-state index contributed by atoms with van der Waals surface area (Å²) in [7, 11) is 0. The Morgan fingerprint density at radius 3 is 2.74 bits per heavy atom. The lowest BCUT2D eigenvalue weighted by Crippen LogP contribution is -2.02. The van der Waals surface area contributed by atoms with Gasteiger partial charge in [-0.3, -0.25) is 9.67 Å². The monoisotopic (exact) mass is 335 g/mol. The number of nitrogens with zero attached hydrogens (tertiary/aromatic N) is 4. The van der Waals surface area contributed by atoms with Gasteiger partial charge in [-0.15, -0.1) is 5.10 Å². The number of aryl methyl sites for hydroxylation is 1. The molecule has 0 fully saturated rings. The molecule has 0 saturated carbocycles. The summed E-state index contributed by atoms with van der Waals surface area (Å²) >= 11 is 1.26. The molecule has 3 aromatic rings. The van der Waals surface area contributed by atoms with Crippen molar-refractivity contribution in [3.63, 3.8) is 0 Å². The molecule has 120 valence electrons. The highest BCUT2D eigenvalue weighted by Crippen LogP contribution is 2.23. The lowest BCUT2D eigenvalue weighted by Gasteiger charge is -2.04. The molecule has 5 nitrogen and oxygen atoms in total. The van der Waals surface area contributed by atoms with Gasteiger partial charge in [-0.05, 0) is 12.0 Å². The molecule has 0 aliphatic rings. The summed E-state index contributed by atoms with van der Waals surface area (Å²) in [6.07, 6.45) is 3.61.